The third-order valence-electron chi connectivity index (χ3n) is 5.19. The van der Waals surface area contributed by atoms with Gasteiger partial charge in [-0.2, -0.15) is 8.42 Å². The van der Waals surface area contributed by atoms with Gasteiger partial charge in [0.25, 0.3) is 0 Å². The van der Waals surface area contributed by atoms with Gasteiger partial charge in [-0.25, -0.2) is 13.0 Å². The Morgan fingerprint density at radius 2 is 1.57 bits per heavy atom. The molecule has 0 spiro atoms. The monoisotopic (exact) mass is 404 g/mol. The molecule has 28 heavy (non-hydrogen) atoms. The van der Waals surface area contributed by atoms with Crippen molar-refractivity contribution in [3.63, 3.8) is 0 Å². The van der Waals surface area contributed by atoms with E-state index in [-0.39, 0.29) is 0 Å². The Kier molecular flexibility index (Phi) is 5.03. The minimum absolute atomic E-state index is 0.372. The fraction of sp³-hybridized carbons (Fsp3) is 0.400. The van der Waals surface area contributed by atoms with Gasteiger partial charge in [-0.3, -0.25) is 4.90 Å². The van der Waals surface area contributed by atoms with Gasteiger partial charge in [-0.05, 0) is 50.2 Å². The van der Waals surface area contributed by atoms with Crippen LogP contribution in [0.5, 0.6) is 0 Å². The minimum atomic E-state index is -3.78. The van der Waals surface area contributed by atoms with Gasteiger partial charge < -0.3 is 5.32 Å². The molecular formula is C20H25FN4O2S. The molecule has 1 N–H and O–H groups in total. The molecule has 2 unspecified atom stereocenters. The van der Waals surface area contributed by atoms with E-state index in [0.717, 1.165) is 13.1 Å². The Bertz CT molecular complexity index is 941. The maximum absolute atomic E-state index is 13.4. The van der Waals surface area contributed by atoms with Gasteiger partial charge in [0.05, 0.1) is 17.1 Å². The second-order valence-corrected chi connectivity index (χ2v) is 9.24. The summed E-state index contributed by atoms with van der Waals surface area (Å²) in [5.41, 5.74) is 1.68. The van der Waals surface area contributed by atoms with Crippen LogP contribution in [0.2, 0.25) is 0 Å². The van der Waals surface area contributed by atoms with E-state index in [0.29, 0.717) is 42.2 Å². The first-order chi connectivity index (χ1) is 13.4. The molecule has 2 atom stereocenters. The number of fused-ring (bicyclic) bond motifs is 1. The molecule has 1 fully saturated rings. The predicted octanol–water partition coefficient (Wildman–Crippen LogP) is 2.71. The molecule has 4 rings (SSSR count). The van der Waals surface area contributed by atoms with Crippen molar-refractivity contribution in [2.75, 3.05) is 34.8 Å². The van der Waals surface area contributed by atoms with Gasteiger partial charge in [0.1, 0.15) is 5.82 Å². The first-order valence-electron chi connectivity index (χ1n) is 9.52. The third kappa shape index (κ3) is 3.47. The van der Waals surface area contributed by atoms with Crippen molar-refractivity contribution < 1.29 is 12.8 Å². The highest BCUT2D eigenvalue weighted by atomic mass is 32.2. The lowest BCUT2D eigenvalue weighted by Gasteiger charge is -2.36. The molecule has 0 amide bonds. The van der Waals surface area contributed by atoms with Crippen molar-refractivity contribution in [2.24, 2.45) is 0 Å². The lowest BCUT2D eigenvalue weighted by Crippen LogP contribution is -2.55. The zero-order valence-electron chi connectivity index (χ0n) is 16.0. The molecule has 2 heterocycles. The van der Waals surface area contributed by atoms with E-state index in [9.17, 15) is 12.8 Å². The summed E-state index contributed by atoms with van der Waals surface area (Å²) >= 11 is 0. The Morgan fingerprint density at radius 3 is 2.21 bits per heavy atom. The Morgan fingerprint density at radius 1 is 0.964 bits per heavy atom. The number of hydrogen-bond donors (Lipinski definition) is 1. The van der Waals surface area contributed by atoms with Gasteiger partial charge in [0.15, 0.2) is 0 Å². The molecule has 0 saturated carbocycles. The maximum Gasteiger partial charge on any atom is 0.331 e. The summed E-state index contributed by atoms with van der Waals surface area (Å²) in [5.74, 6) is -0.396. The number of hydrogen-bond acceptors (Lipinski definition) is 4. The van der Waals surface area contributed by atoms with Crippen LogP contribution in [0.15, 0.2) is 48.5 Å². The van der Waals surface area contributed by atoms with E-state index in [1.807, 2.05) is 18.2 Å². The van der Waals surface area contributed by atoms with Crippen molar-refractivity contribution in [2.45, 2.75) is 25.9 Å². The number of para-hydroxylation sites is 2. The summed E-state index contributed by atoms with van der Waals surface area (Å²) in [5, 5.41) is 3.49. The molecule has 2 aliphatic heterocycles. The van der Waals surface area contributed by atoms with Crippen molar-refractivity contribution in [1.82, 2.24) is 10.2 Å². The van der Waals surface area contributed by atoms with Crippen LogP contribution in [0.1, 0.15) is 13.8 Å². The van der Waals surface area contributed by atoms with E-state index in [1.54, 1.807) is 6.07 Å². The lowest BCUT2D eigenvalue weighted by molar-refractivity contribution is 0.178. The zero-order valence-corrected chi connectivity index (χ0v) is 16.9. The number of nitrogens with one attached hydrogen (secondary N) is 1. The number of rotatable bonds is 4. The molecule has 2 aromatic carbocycles. The molecule has 6 nitrogen and oxygen atoms in total. The molecule has 150 valence electrons. The average Bonchev–Trinajstić information content (AvgIpc) is 2.86. The second-order valence-electron chi connectivity index (χ2n) is 7.54. The molecule has 2 aliphatic rings. The first kappa shape index (κ1) is 19.2. The van der Waals surface area contributed by atoms with Gasteiger partial charge in [-0.1, -0.05) is 12.1 Å². The van der Waals surface area contributed by atoms with Gasteiger partial charge in [0.2, 0.25) is 0 Å². The van der Waals surface area contributed by atoms with Crippen LogP contribution in [0.4, 0.5) is 21.5 Å². The molecule has 0 aromatic heterocycles. The summed E-state index contributed by atoms with van der Waals surface area (Å²) in [6.07, 6.45) is 0. The number of anilines is 3. The number of piperazine rings is 1. The van der Waals surface area contributed by atoms with E-state index in [4.69, 9.17) is 0 Å². The third-order valence-corrected chi connectivity index (χ3v) is 7.00. The lowest BCUT2D eigenvalue weighted by atomic mass is 10.1. The van der Waals surface area contributed by atoms with Crippen LogP contribution < -0.4 is 13.9 Å². The van der Waals surface area contributed by atoms with Crippen LogP contribution in [0, 0.1) is 5.82 Å². The topological polar surface area (TPSA) is 55.9 Å². The van der Waals surface area contributed by atoms with Crippen molar-refractivity contribution in [1.29, 1.82) is 0 Å². The summed E-state index contributed by atoms with van der Waals surface area (Å²) < 4.78 is 42.8. The van der Waals surface area contributed by atoms with Crippen LogP contribution >= 0.6 is 0 Å². The SMILES string of the molecule is CC1CN(CCN2c3ccccc3N(c3ccc(F)cc3)S2(=O)=O)CC(C)N1. The molecular weight excluding hydrogens is 379 g/mol. The summed E-state index contributed by atoms with van der Waals surface area (Å²) in [6.45, 7) is 7.09. The van der Waals surface area contributed by atoms with Gasteiger partial charge in [-0.15, -0.1) is 0 Å². The number of halogens is 1. The smallest absolute Gasteiger partial charge is 0.309 e. The standard InChI is InChI=1S/C20H25FN4O2S/c1-15-13-23(14-16(2)22-15)11-12-24-19-5-3-4-6-20(19)25(28(24,26)27)18-9-7-17(21)8-10-18/h3-10,15-16,22H,11-14H2,1-2H3. The summed E-state index contributed by atoms with van der Waals surface area (Å²) in [7, 11) is -3.78. The summed E-state index contributed by atoms with van der Waals surface area (Å²) in [6, 6.07) is 13.5. The van der Waals surface area contributed by atoms with Crippen LogP contribution in [0.25, 0.3) is 0 Å². The quantitative estimate of drug-likeness (QED) is 0.851. The van der Waals surface area contributed by atoms with E-state index < -0.39 is 16.0 Å². The van der Waals surface area contributed by atoms with E-state index in [1.165, 1.54) is 32.9 Å². The minimum Gasteiger partial charge on any atom is -0.309 e. The van der Waals surface area contributed by atoms with Crippen molar-refractivity contribution >= 4 is 27.3 Å². The van der Waals surface area contributed by atoms with Gasteiger partial charge in [0, 0.05) is 38.3 Å². The van der Waals surface area contributed by atoms with E-state index in [2.05, 4.69) is 24.1 Å². The summed E-state index contributed by atoms with van der Waals surface area (Å²) in [4.78, 5) is 2.30. The normalized spacial score (nSPS) is 24.4. The molecule has 0 aliphatic carbocycles. The van der Waals surface area contributed by atoms with Crippen LogP contribution in [-0.2, 0) is 10.2 Å². The molecule has 1 saturated heterocycles. The molecule has 0 bridgehead atoms. The van der Waals surface area contributed by atoms with Gasteiger partial charge >= 0.3 is 10.2 Å². The average molecular weight is 405 g/mol. The number of benzene rings is 2. The fourth-order valence-corrected chi connectivity index (χ4v) is 5.84. The highest BCUT2D eigenvalue weighted by Crippen LogP contribution is 2.44. The highest BCUT2D eigenvalue weighted by Gasteiger charge is 2.41. The molecule has 8 heteroatoms. The molecule has 0 radical (unpaired) electrons. The maximum atomic E-state index is 13.4. The van der Waals surface area contributed by atoms with Crippen LogP contribution in [0.3, 0.4) is 0 Å². The Balaban J connectivity index is 1.62. The second kappa shape index (κ2) is 7.35. The molecule has 2 aromatic rings. The Hall–Kier alpha value is -2.16. The fourth-order valence-electron chi connectivity index (χ4n) is 4.13. The highest BCUT2D eigenvalue weighted by molar-refractivity contribution is 7.95. The first-order valence-corrected chi connectivity index (χ1v) is 10.9. The largest absolute Gasteiger partial charge is 0.331 e. The van der Waals surface area contributed by atoms with Crippen molar-refractivity contribution in [3.05, 3.63) is 54.3 Å². The predicted molar refractivity (Wildman–Crippen MR) is 110 cm³/mol. The van der Waals surface area contributed by atoms with Crippen molar-refractivity contribution in [3.8, 4) is 0 Å². The number of nitrogens with zero attached hydrogens (tertiary/aromatic N) is 3. The Labute approximate surface area is 165 Å². The zero-order chi connectivity index (χ0) is 19.9. The van der Waals surface area contributed by atoms with Crippen LogP contribution in [-0.4, -0.2) is 51.6 Å². The van der Waals surface area contributed by atoms with E-state index >= 15 is 0 Å².